The second kappa shape index (κ2) is 9.12. The van der Waals surface area contributed by atoms with Crippen molar-refractivity contribution in [3.05, 3.63) is 58.6 Å². The summed E-state index contributed by atoms with van der Waals surface area (Å²) in [6.07, 6.45) is 0. The predicted octanol–water partition coefficient (Wildman–Crippen LogP) is 3.70. The number of hydrogen-bond donors (Lipinski definition) is 1. The lowest BCUT2D eigenvalue weighted by Crippen LogP contribution is -2.48. The molecule has 1 saturated heterocycles. The van der Waals surface area contributed by atoms with Crippen molar-refractivity contribution in [3.63, 3.8) is 0 Å². The number of nitrogens with one attached hydrogen (secondary N) is 1. The Morgan fingerprint density at radius 2 is 1.77 bits per heavy atom. The monoisotopic (exact) mass is 442 g/mol. The Hall–Kier alpha value is -2.48. The highest BCUT2D eigenvalue weighted by Crippen LogP contribution is 2.31. The second-order valence-electron chi connectivity index (χ2n) is 7.33. The number of ketones is 1. The Morgan fingerprint density at radius 3 is 2.47 bits per heavy atom. The molecule has 0 unspecified atom stereocenters. The molecule has 2 heterocycles. The van der Waals surface area contributed by atoms with Crippen LogP contribution in [0.25, 0.3) is 10.2 Å². The fourth-order valence-corrected chi connectivity index (χ4v) is 4.76. The zero-order valence-electron chi connectivity index (χ0n) is 16.7. The summed E-state index contributed by atoms with van der Waals surface area (Å²) in [5.74, 6) is -0.118. The molecule has 6 nitrogen and oxygen atoms in total. The number of Topliss-reactive ketones (excluding diaryl/α,β-unsaturated/α-hetero) is 1. The number of hydrogen-bond acceptors (Lipinski definition) is 6. The van der Waals surface area contributed by atoms with Gasteiger partial charge in [-0.15, -0.1) is 0 Å². The number of fused-ring (bicyclic) bond motifs is 1. The number of thiazole rings is 1. The third-order valence-corrected chi connectivity index (χ3v) is 6.56. The minimum absolute atomic E-state index is 0.00394. The molecule has 0 atom stereocenters. The molecule has 1 aromatic heterocycles. The number of nitrogens with zero attached hydrogens (tertiary/aromatic N) is 3. The number of carbonyl (C=O) groups is 2. The Bertz CT molecular complexity index is 1060. The van der Waals surface area contributed by atoms with E-state index in [-0.39, 0.29) is 11.7 Å². The van der Waals surface area contributed by atoms with E-state index in [1.807, 2.05) is 18.2 Å². The summed E-state index contributed by atoms with van der Waals surface area (Å²) in [5, 5.41) is 4.73. The molecule has 8 heteroatoms. The van der Waals surface area contributed by atoms with Crippen LogP contribution in [0.15, 0.2) is 42.5 Å². The number of piperazine rings is 1. The molecule has 156 valence electrons. The van der Waals surface area contributed by atoms with Gasteiger partial charge in [-0.3, -0.25) is 14.5 Å². The van der Waals surface area contributed by atoms with Crippen molar-refractivity contribution in [3.8, 4) is 0 Å². The molecule has 1 amide bonds. The number of halogens is 1. The van der Waals surface area contributed by atoms with E-state index >= 15 is 0 Å². The quantitative estimate of drug-likeness (QED) is 0.589. The van der Waals surface area contributed by atoms with Crippen molar-refractivity contribution < 1.29 is 9.59 Å². The van der Waals surface area contributed by atoms with Crippen molar-refractivity contribution >= 4 is 50.0 Å². The molecule has 0 aliphatic carbocycles. The average molecular weight is 443 g/mol. The van der Waals surface area contributed by atoms with Gasteiger partial charge in [0, 0.05) is 55.4 Å². The summed E-state index contributed by atoms with van der Waals surface area (Å²) in [4.78, 5) is 33.0. The van der Waals surface area contributed by atoms with Crippen molar-refractivity contribution in [2.45, 2.75) is 6.92 Å². The first-order valence-electron chi connectivity index (χ1n) is 9.92. The molecule has 1 aliphatic rings. The Balaban J connectivity index is 1.23. The summed E-state index contributed by atoms with van der Waals surface area (Å²) < 4.78 is 1.11. The summed E-state index contributed by atoms with van der Waals surface area (Å²) in [7, 11) is 0. The van der Waals surface area contributed by atoms with E-state index in [2.05, 4.69) is 15.1 Å². The Morgan fingerprint density at radius 1 is 1.07 bits per heavy atom. The smallest absolute Gasteiger partial charge is 0.251 e. The predicted molar refractivity (Wildman–Crippen MR) is 122 cm³/mol. The highest BCUT2D eigenvalue weighted by molar-refractivity contribution is 7.22. The van der Waals surface area contributed by atoms with Crippen molar-refractivity contribution in [1.82, 2.24) is 15.2 Å². The first-order chi connectivity index (χ1) is 14.5. The molecule has 2 aromatic carbocycles. The maximum Gasteiger partial charge on any atom is 0.251 e. The maximum absolute atomic E-state index is 12.3. The molecule has 0 spiro atoms. The first-order valence-corrected chi connectivity index (χ1v) is 11.1. The number of rotatable bonds is 6. The average Bonchev–Trinajstić information content (AvgIpc) is 3.17. The van der Waals surface area contributed by atoms with Crippen LogP contribution < -0.4 is 10.2 Å². The molecule has 0 saturated carbocycles. The van der Waals surface area contributed by atoms with Crippen molar-refractivity contribution in [2.75, 3.05) is 44.2 Å². The summed E-state index contributed by atoms with van der Waals surface area (Å²) in [6.45, 7) is 6.59. The number of amides is 1. The van der Waals surface area contributed by atoms with Gasteiger partial charge in [-0.05, 0) is 37.3 Å². The summed E-state index contributed by atoms with van der Waals surface area (Å²) in [6, 6.07) is 12.6. The van der Waals surface area contributed by atoms with E-state index in [0.717, 1.165) is 53.1 Å². The van der Waals surface area contributed by atoms with Gasteiger partial charge in [0.15, 0.2) is 10.9 Å². The van der Waals surface area contributed by atoms with Crippen LogP contribution in [0, 0.1) is 0 Å². The Kier molecular flexibility index (Phi) is 6.32. The lowest BCUT2D eigenvalue weighted by atomic mass is 10.1. The Labute approximate surface area is 184 Å². The van der Waals surface area contributed by atoms with Crippen molar-refractivity contribution in [2.24, 2.45) is 0 Å². The third-order valence-electron chi connectivity index (χ3n) is 5.25. The number of carbonyl (C=O) groups excluding carboxylic acids is 2. The first kappa shape index (κ1) is 20.8. The normalized spacial score (nSPS) is 14.8. The molecule has 1 aliphatic heterocycles. The van der Waals surface area contributed by atoms with Crippen LogP contribution in [-0.4, -0.2) is 60.8 Å². The van der Waals surface area contributed by atoms with Gasteiger partial charge in [0.05, 0.1) is 10.2 Å². The van der Waals surface area contributed by atoms with E-state index in [4.69, 9.17) is 16.6 Å². The number of anilines is 1. The van der Waals surface area contributed by atoms with E-state index < -0.39 is 0 Å². The fraction of sp³-hybridized carbons (Fsp3) is 0.318. The molecular formula is C22H23ClN4O2S. The molecule has 0 bridgehead atoms. The summed E-state index contributed by atoms with van der Waals surface area (Å²) in [5.41, 5.74) is 2.17. The van der Waals surface area contributed by atoms with Crippen molar-refractivity contribution in [1.29, 1.82) is 0 Å². The lowest BCUT2D eigenvalue weighted by Gasteiger charge is -2.34. The fourth-order valence-electron chi connectivity index (χ4n) is 3.47. The SMILES string of the molecule is CC(=O)c1ccc(C(=O)NCCN2CCN(c3nc4ccc(Cl)cc4s3)CC2)cc1. The highest BCUT2D eigenvalue weighted by Gasteiger charge is 2.20. The standard InChI is InChI=1S/C22H23ClN4O2S/c1-15(28)16-2-4-17(5-3-16)21(29)24-8-9-26-10-12-27(13-11-26)22-25-19-7-6-18(23)14-20(19)30-22/h2-7,14H,8-13H2,1H3,(H,24,29). The largest absolute Gasteiger partial charge is 0.351 e. The maximum atomic E-state index is 12.3. The van der Waals surface area contributed by atoms with Gasteiger partial charge < -0.3 is 10.2 Å². The third kappa shape index (κ3) is 4.80. The van der Waals surface area contributed by atoms with Gasteiger partial charge in [0.2, 0.25) is 0 Å². The number of aromatic nitrogens is 1. The van der Waals surface area contributed by atoms with Crippen LogP contribution in [0.4, 0.5) is 5.13 Å². The van der Waals surface area contributed by atoms with Crippen LogP contribution in [0.3, 0.4) is 0 Å². The summed E-state index contributed by atoms with van der Waals surface area (Å²) >= 11 is 7.75. The molecule has 1 N–H and O–H groups in total. The van der Waals surface area contributed by atoms with Crippen LogP contribution in [0.5, 0.6) is 0 Å². The minimum atomic E-state index is -0.114. The lowest BCUT2D eigenvalue weighted by molar-refractivity contribution is 0.0945. The van der Waals surface area contributed by atoms with Crippen LogP contribution in [0.2, 0.25) is 5.02 Å². The zero-order valence-corrected chi connectivity index (χ0v) is 18.3. The van der Waals surface area contributed by atoms with Gasteiger partial charge in [0.25, 0.3) is 5.91 Å². The second-order valence-corrected chi connectivity index (χ2v) is 8.77. The topological polar surface area (TPSA) is 65.5 Å². The highest BCUT2D eigenvalue weighted by atomic mass is 35.5. The molecular weight excluding hydrogens is 420 g/mol. The molecule has 3 aromatic rings. The van der Waals surface area contributed by atoms with Gasteiger partial charge in [-0.1, -0.05) is 35.1 Å². The van der Waals surface area contributed by atoms with Crippen LogP contribution in [-0.2, 0) is 0 Å². The van der Waals surface area contributed by atoms with Crippen LogP contribution in [0.1, 0.15) is 27.6 Å². The van der Waals surface area contributed by atoms with E-state index in [0.29, 0.717) is 17.7 Å². The van der Waals surface area contributed by atoms with Gasteiger partial charge in [-0.25, -0.2) is 4.98 Å². The molecule has 4 rings (SSSR count). The van der Waals surface area contributed by atoms with Gasteiger partial charge in [-0.2, -0.15) is 0 Å². The van der Waals surface area contributed by atoms with Gasteiger partial charge >= 0.3 is 0 Å². The van der Waals surface area contributed by atoms with Crippen LogP contribution >= 0.6 is 22.9 Å². The van der Waals surface area contributed by atoms with E-state index in [9.17, 15) is 9.59 Å². The molecule has 1 fully saturated rings. The zero-order chi connectivity index (χ0) is 21.1. The number of benzene rings is 2. The molecule has 0 radical (unpaired) electrons. The van der Waals surface area contributed by atoms with E-state index in [1.165, 1.54) is 6.92 Å². The van der Waals surface area contributed by atoms with Gasteiger partial charge in [0.1, 0.15) is 0 Å². The van der Waals surface area contributed by atoms with E-state index in [1.54, 1.807) is 35.6 Å². The minimum Gasteiger partial charge on any atom is -0.351 e. The molecule has 30 heavy (non-hydrogen) atoms.